The number of thiophene rings is 1. The van der Waals surface area contributed by atoms with Crippen molar-refractivity contribution in [3.05, 3.63) is 51.7 Å². The second-order valence-electron chi connectivity index (χ2n) is 5.34. The number of anilines is 1. The molecule has 6 nitrogen and oxygen atoms in total. The van der Waals surface area contributed by atoms with Crippen molar-refractivity contribution < 1.29 is 27.9 Å². The van der Waals surface area contributed by atoms with Crippen LogP contribution < -0.4 is 10.6 Å². The molecule has 2 rings (SSSR count). The zero-order chi connectivity index (χ0) is 19.3. The van der Waals surface area contributed by atoms with Crippen molar-refractivity contribution in [2.24, 2.45) is 0 Å². The summed E-state index contributed by atoms with van der Waals surface area (Å²) in [4.78, 5) is 36.9. The van der Waals surface area contributed by atoms with Crippen LogP contribution in [0.15, 0.2) is 30.3 Å². The van der Waals surface area contributed by atoms with Gasteiger partial charge in [0, 0.05) is 10.9 Å². The number of aryl methyl sites for hydroxylation is 1. The lowest BCUT2D eigenvalue weighted by Gasteiger charge is -2.14. The van der Waals surface area contributed by atoms with Crippen LogP contribution in [0.4, 0.5) is 14.5 Å². The van der Waals surface area contributed by atoms with Crippen LogP contribution in [0, 0.1) is 18.6 Å². The topological polar surface area (TPSA) is 84.5 Å². The summed E-state index contributed by atoms with van der Waals surface area (Å²) in [6.45, 7) is 2.72. The van der Waals surface area contributed by atoms with Crippen LogP contribution in [0.3, 0.4) is 0 Å². The fourth-order valence-electron chi connectivity index (χ4n) is 1.91. The van der Waals surface area contributed by atoms with Crippen molar-refractivity contribution in [1.29, 1.82) is 0 Å². The molecule has 0 fully saturated rings. The van der Waals surface area contributed by atoms with E-state index in [1.807, 2.05) is 6.92 Å². The standard InChI is InChI=1S/C17H16F2N2O4S/c1-9-3-6-14(26-9)17(24)20-8-15(22)25-10(2)16(23)21-13-5-4-11(18)7-12(13)19/h3-7,10H,8H2,1-2H3,(H,20,24)(H,21,23). The van der Waals surface area contributed by atoms with Crippen LogP contribution in [0.2, 0.25) is 0 Å². The molecule has 0 saturated heterocycles. The van der Waals surface area contributed by atoms with Crippen LogP contribution in [0.1, 0.15) is 21.5 Å². The molecule has 138 valence electrons. The summed E-state index contributed by atoms with van der Waals surface area (Å²) in [5.41, 5.74) is -0.235. The maximum atomic E-state index is 13.5. The Morgan fingerprint density at radius 2 is 1.92 bits per heavy atom. The van der Waals surface area contributed by atoms with Gasteiger partial charge in [-0.25, -0.2) is 8.78 Å². The van der Waals surface area contributed by atoms with Gasteiger partial charge in [0.15, 0.2) is 6.10 Å². The monoisotopic (exact) mass is 382 g/mol. The Kier molecular flexibility index (Phi) is 6.40. The van der Waals surface area contributed by atoms with E-state index in [2.05, 4.69) is 10.6 Å². The first-order chi connectivity index (χ1) is 12.3. The van der Waals surface area contributed by atoms with Crippen LogP contribution in [0.5, 0.6) is 0 Å². The van der Waals surface area contributed by atoms with E-state index in [4.69, 9.17) is 4.74 Å². The Hall–Kier alpha value is -2.81. The summed E-state index contributed by atoms with van der Waals surface area (Å²) < 4.78 is 31.2. The molecular formula is C17H16F2N2O4S. The Labute approximate surface area is 152 Å². The SMILES string of the molecule is Cc1ccc(C(=O)NCC(=O)OC(C)C(=O)Nc2ccc(F)cc2F)s1. The minimum Gasteiger partial charge on any atom is -0.451 e. The quantitative estimate of drug-likeness (QED) is 0.753. The lowest BCUT2D eigenvalue weighted by atomic mass is 10.2. The molecule has 1 aromatic heterocycles. The second-order valence-corrected chi connectivity index (χ2v) is 6.63. The third-order valence-corrected chi connectivity index (χ3v) is 4.22. The van der Waals surface area contributed by atoms with E-state index in [9.17, 15) is 23.2 Å². The van der Waals surface area contributed by atoms with Gasteiger partial charge in [-0.05, 0) is 38.1 Å². The summed E-state index contributed by atoms with van der Waals surface area (Å²) >= 11 is 1.28. The van der Waals surface area contributed by atoms with Crippen LogP contribution >= 0.6 is 11.3 Å². The minimum atomic E-state index is -1.23. The molecule has 0 saturated carbocycles. The first-order valence-electron chi connectivity index (χ1n) is 7.56. The second kappa shape index (κ2) is 8.52. The fraction of sp³-hybridized carbons (Fsp3) is 0.235. The van der Waals surface area contributed by atoms with Gasteiger partial charge in [-0.15, -0.1) is 11.3 Å². The number of amides is 2. The van der Waals surface area contributed by atoms with Gasteiger partial charge in [-0.1, -0.05) is 0 Å². The molecule has 2 aromatic rings. The van der Waals surface area contributed by atoms with Gasteiger partial charge >= 0.3 is 5.97 Å². The van der Waals surface area contributed by atoms with Crippen LogP contribution in [-0.2, 0) is 14.3 Å². The number of benzene rings is 1. The Balaban J connectivity index is 1.82. The van der Waals surface area contributed by atoms with E-state index in [1.54, 1.807) is 12.1 Å². The highest BCUT2D eigenvalue weighted by Gasteiger charge is 2.20. The predicted octanol–water partition coefficient (Wildman–Crippen LogP) is 2.63. The number of hydrogen-bond acceptors (Lipinski definition) is 5. The van der Waals surface area contributed by atoms with Gasteiger partial charge in [0.2, 0.25) is 0 Å². The lowest BCUT2D eigenvalue weighted by Crippen LogP contribution is -2.35. The molecule has 26 heavy (non-hydrogen) atoms. The van der Waals surface area contributed by atoms with Crippen LogP contribution in [0.25, 0.3) is 0 Å². The van der Waals surface area contributed by atoms with Gasteiger partial charge in [-0.3, -0.25) is 14.4 Å². The van der Waals surface area contributed by atoms with Gasteiger partial charge in [-0.2, -0.15) is 0 Å². The highest BCUT2D eigenvalue weighted by molar-refractivity contribution is 7.13. The Morgan fingerprint density at radius 1 is 1.19 bits per heavy atom. The normalized spacial score (nSPS) is 11.5. The van der Waals surface area contributed by atoms with Crippen LogP contribution in [-0.4, -0.2) is 30.4 Å². The Bertz CT molecular complexity index is 838. The number of nitrogens with one attached hydrogen (secondary N) is 2. The number of halogens is 2. The van der Waals surface area contributed by atoms with Crippen molar-refractivity contribution in [3.63, 3.8) is 0 Å². The summed E-state index contributed by atoms with van der Waals surface area (Å²) in [7, 11) is 0. The van der Waals surface area contributed by atoms with Crippen molar-refractivity contribution in [2.45, 2.75) is 20.0 Å². The molecule has 0 radical (unpaired) electrons. The number of carbonyl (C=O) groups is 3. The van der Waals surface area contributed by atoms with E-state index in [1.165, 1.54) is 18.3 Å². The molecule has 1 unspecified atom stereocenters. The third kappa shape index (κ3) is 5.35. The van der Waals surface area contributed by atoms with Crippen molar-refractivity contribution in [2.75, 3.05) is 11.9 Å². The average Bonchev–Trinajstić information content (AvgIpc) is 3.01. The number of rotatable bonds is 6. The average molecular weight is 382 g/mol. The van der Waals surface area contributed by atoms with E-state index < -0.39 is 42.1 Å². The highest BCUT2D eigenvalue weighted by Crippen LogP contribution is 2.16. The third-order valence-electron chi connectivity index (χ3n) is 3.22. The first-order valence-corrected chi connectivity index (χ1v) is 8.38. The number of ether oxygens (including phenoxy) is 1. The molecule has 0 spiro atoms. The number of esters is 1. The van der Waals surface area contributed by atoms with Gasteiger partial charge in [0.05, 0.1) is 10.6 Å². The molecule has 2 amide bonds. The summed E-state index contributed by atoms with van der Waals surface area (Å²) in [5, 5.41) is 4.58. The maximum absolute atomic E-state index is 13.5. The molecule has 0 aliphatic heterocycles. The molecule has 0 aliphatic carbocycles. The zero-order valence-electron chi connectivity index (χ0n) is 14.0. The van der Waals surface area contributed by atoms with Crippen molar-refractivity contribution in [1.82, 2.24) is 5.32 Å². The first kappa shape index (κ1) is 19.5. The van der Waals surface area contributed by atoms with Gasteiger partial charge < -0.3 is 15.4 Å². The summed E-state index contributed by atoms with van der Waals surface area (Å²) in [6, 6.07) is 6.07. The van der Waals surface area contributed by atoms with E-state index in [-0.39, 0.29) is 5.69 Å². The van der Waals surface area contributed by atoms with Gasteiger partial charge in [0.1, 0.15) is 18.2 Å². The molecule has 0 aliphatic rings. The number of carbonyl (C=O) groups excluding carboxylic acids is 3. The van der Waals surface area contributed by atoms with E-state index in [0.29, 0.717) is 10.9 Å². The fourth-order valence-corrected chi connectivity index (χ4v) is 2.70. The predicted molar refractivity (Wildman–Crippen MR) is 91.9 cm³/mol. The lowest BCUT2D eigenvalue weighted by molar-refractivity contribution is -0.152. The molecule has 9 heteroatoms. The van der Waals surface area contributed by atoms with Crippen molar-refractivity contribution in [3.8, 4) is 0 Å². The Morgan fingerprint density at radius 3 is 2.54 bits per heavy atom. The molecule has 1 heterocycles. The van der Waals surface area contributed by atoms with E-state index in [0.717, 1.165) is 17.0 Å². The molecule has 2 N–H and O–H groups in total. The molecule has 1 atom stereocenters. The molecule has 0 bridgehead atoms. The largest absolute Gasteiger partial charge is 0.451 e. The minimum absolute atomic E-state index is 0.235. The summed E-state index contributed by atoms with van der Waals surface area (Å²) in [6.07, 6.45) is -1.23. The smallest absolute Gasteiger partial charge is 0.326 e. The van der Waals surface area contributed by atoms with Crippen molar-refractivity contribution >= 4 is 34.8 Å². The maximum Gasteiger partial charge on any atom is 0.326 e. The number of hydrogen-bond donors (Lipinski definition) is 2. The molecular weight excluding hydrogens is 366 g/mol. The zero-order valence-corrected chi connectivity index (χ0v) is 14.8. The van der Waals surface area contributed by atoms with Gasteiger partial charge in [0.25, 0.3) is 11.8 Å². The van der Waals surface area contributed by atoms with E-state index >= 15 is 0 Å². The highest BCUT2D eigenvalue weighted by atomic mass is 32.1. The summed E-state index contributed by atoms with van der Waals surface area (Å²) in [5.74, 6) is -3.77. The molecule has 1 aromatic carbocycles.